The number of piperazine rings is 1. The predicted octanol–water partition coefficient (Wildman–Crippen LogP) is 3.08. The average molecular weight is 378 g/mol. The minimum Gasteiger partial charge on any atom is -0.506 e. The van der Waals surface area contributed by atoms with Crippen LogP contribution in [0.1, 0.15) is 22.0 Å². The Kier molecular flexibility index (Phi) is 4.79. The van der Waals surface area contributed by atoms with E-state index < -0.39 is 0 Å². The maximum atomic E-state index is 10.5. The van der Waals surface area contributed by atoms with Gasteiger partial charge >= 0.3 is 0 Å². The predicted molar refractivity (Wildman–Crippen MR) is 91.1 cm³/mol. The quantitative estimate of drug-likeness (QED) is 0.862. The molecule has 0 spiro atoms. The van der Waals surface area contributed by atoms with E-state index in [9.17, 15) is 10.4 Å². The van der Waals surface area contributed by atoms with Crippen LogP contribution in [0.2, 0.25) is 0 Å². The Morgan fingerprint density at radius 2 is 2.14 bits per heavy atom. The zero-order chi connectivity index (χ0) is 15.5. The smallest absolute Gasteiger partial charge is 0.135 e. The topological polar surface area (TPSA) is 59.3 Å². The van der Waals surface area contributed by atoms with E-state index in [-0.39, 0.29) is 11.8 Å². The Bertz CT molecular complexity index is 690. The maximum absolute atomic E-state index is 10.5. The van der Waals surface area contributed by atoms with Crippen molar-refractivity contribution in [3.8, 4) is 11.8 Å². The number of thiophene rings is 1. The largest absolute Gasteiger partial charge is 0.506 e. The van der Waals surface area contributed by atoms with Gasteiger partial charge in [0.2, 0.25) is 0 Å². The highest BCUT2D eigenvalue weighted by molar-refractivity contribution is 9.10. The summed E-state index contributed by atoms with van der Waals surface area (Å²) in [5.41, 5.74) is 1.34. The molecule has 1 aliphatic heterocycles. The molecule has 1 saturated heterocycles. The second kappa shape index (κ2) is 6.80. The number of nitrogens with zero attached hydrogens (tertiary/aromatic N) is 2. The maximum Gasteiger partial charge on any atom is 0.135 e. The van der Waals surface area contributed by atoms with E-state index in [0.717, 1.165) is 31.7 Å². The highest BCUT2D eigenvalue weighted by atomic mass is 79.9. The SMILES string of the molecule is N#Cc1cc(Br)c(O)c([C@H](c2cccs2)N2CCNCC2)c1. The lowest BCUT2D eigenvalue weighted by atomic mass is 9.99. The van der Waals surface area contributed by atoms with Crippen molar-refractivity contribution in [2.75, 3.05) is 26.2 Å². The summed E-state index contributed by atoms with van der Waals surface area (Å²) in [6.07, 6.45) is 0. The second-order valence-electron chi connectivity index (χ2n) is 5.21. The highest BCUT2D eigenvalue weighted by Crippen LogP contribution is 2.40. The fraction of sp³-hybridized carbons (Fsp3) is 0.312. The molecule has 2 N–H and O–H groups in total. The number of hydrogen-bond donors (Lipinski definition) is 2. The van der Waals surface area contributed by atoms with Crippen LogP contribution < -0.4 is 5.32 Å². The fourth-order valence-corrected chi connectivity index (χ4v) is 4.16. The lowest BCUT2D eigenvalue weighted by Gasteiger charge is -2.35. The number of halogens is 1. The van der Waals surface area contributed by atoms with E-state index in [4.69, 9.17) is 0 Å². The molecular weight excluding hydrogens is 362 g/mol. The van der Waals surface area contributed by atoms with Crippen molar-refractivity contribution in [3.63, 3.8) is 0 Å². The number of nitriles is 1. The molecule has 2 heterocycles. The van der Waals surface area contributed by atoms with Gasteiger partial charge in [-0.15, -0.1) is 11.3 Å². The van der Waals surface area contributed by atoms with E-state index in [1.54, 1.807) is 23.5 Å². The van der Waals surface area contributed by atoms with Crippen molar-refractivity contribution in [1.82, 2.24) is 10.2 Å². The highest BCUT2D eigenvalue weighted by Gasteiger charge is 2.28. The molecule has 0 bridgehead atoms. The molecule has 2 aromatic rings. The molecule has 1 atom stereocenters. The monoisotopic (exact) mass is 377 g/mol. The van der Waals surface area contributed by atoms with E-state index in [1.165, 1.54) is 4.88 Å². The molecule has 1 aliphatic rings. The van der Waals surface area contributed by atoms with Crippen LogP contribution in [0.25, 0.3) is 0 Å². The summed E-state index contributed by atoms with van der Waals surface area (Å²) in [7, 11) is 0. The lowest BCUT2D eigenvalue weighted by molar-refractivity contribution is 0.198. The molecule has 0 saturated carbocycles. The van der Waals surface area contributed by atoms with E-state index >= 15 is 0 Å². The molecule has 6 heteroatoms. The van der Waals surface area contributed by atoms with Gasteiger partial charge in [-0.05, 0) is 39.5 Å². The molecule has 0 unspecified atom stereocenters. The molecule has 22 heavy (non-hydrogen) atoms. The molecule has 0 aliphatic carbocycles. The first-order valence-corrected chi connectivity index (χ1v) is 8.78. The molecule has 1 aromatic heterocycles. The first-order valence-electron chi connectivity index (χ1n) is 7.11. The fourth-order valence-electron chi connectivity index (χ4n) is 2.81. The standard InChI is InChI=1S/C16H16BrN3OS/c17-13-9-11(10-18)8-12(16(13)21)15(14-2-1-7-22-14)20-5-3-19-4-6-20/h1-2,7-9,15,19,21H,3-6H2/t15-/m1/s1. The first-order chi connectivity index (χ1) is 10.7. The molecule has 3 rings (SSSR count). The summed E-state index contributed by atoms with van der Waals surface area (Å²) >= 11 is 5.04. The van der Waals surface area contributed by atoms with Crippen LogP contribution in [0.3, 0.4) is 0 Å². The number of aromatic hydroxyl groups is 1. The van der Waals surface area contributed by atoms with Gasteiger partial charge in [0.1, 0.15) is 5.75 Å². The number of nitrogens with one attached hydrogen (secondary N) is 1. The molecule has 1 fully saturated rings. The second-order valence-corrected chi connectivity index (χ2v) is 7.05. The third-order valence-corrected chi connectivity index (χ3v) is 5.38. The van der Waals surface area contributed by atoms with Crippen LogP contribution in [0.15, 0.2) is 34.1 Å². The van der Waals surface area contributed by atoms with Crippen LogP contribution in [-0.2, 0) is 0 Å². The molecule has 0 amide bonds. The molecule has 114 valence electrons. The Morgan fingerprint density at radius 1 is 1.36 bits per heavy atom. The van der Waals surface area contributed by atoms with E-state index in [0.29, 0.717) is 10.0 Å². The number of phenols is 1. The van der Waals surface area contributed by atoms with Crippen LogP contribution in [-0.4, -0.2) is 36.2 Å². The van der Waals surface area contributed by atoms with Crippen molar-refractivity contribution < 1.29 is 5.11 Å². The number of phenolic OH excluding ortho intramolecular Hbond substituents is 1. The molecule has 4 nitrogen and oxygen atoms in total. The zero-order valence-electron chi connectivity index (χ0n) is 11.9. The summed E-state index contributed by atoms with van der Waals surface area (Å²) in [5.74, 6) is 0.218. The molecule has 0 radical (unpaired) electrons. The van der Waals surface area contributed by atoms with Gasteiger partial charge in [-0.3, -0.25) is 4.90 Å². The van der Waals surface area contributed by atoms with Gasteiger partial charge in [-0.25, -0.2) is 0 Å². The third-order valence-electron chi connectivity index (χ3n) is 3.85. The van der Waals surface area contributed by atoms with Crippen LogP contribution in [0, 0.1) is 11.3 Å². The summed E-state index contributed by atoms with van der Waals surface area (Å²) < 4.78 is 0.568. The normalized spacial score (nSPS) is 17.1. The van der Waals surface area contributed by atoms with Gasteiger partial charge in [-0.1, -0.05) is 6.07 Å². The lowest BCUT2D eigenvalue weighted by Crippen LogP contribution is -2.45. The van der Waals surface area contributed by atoms with Gasteiger partial charge in [0.05, 0.1) is 22.1 Å². The first kappa shape index (κ1) is 15.5. The van der Waals surface area contributed by atoms with Gasteiger partial charge in [0.15, 0.2) is 0 Å². The van der Waals surface area contributed by atoms with Crippen molar-refractivity contribution >= 4 is 27.3 Å². The van der Waals surface area contributed by atoms with Crippen LogP contribution in [0.4, 0.5) is 0 Å². The van der Waals surface area contributed by atoms with Gasteiger partial charge < -0.3 is 10.4 Å². The van der Waals surface area contributed by atoms with Crippen molar-refractivity contribution in [2.24, 2.45) is 0 Å². The van der Waals surface area contributed by atoms with E-state index in [2.05, 4.69) is 38.3 Å². The summed E-state index contributed by atoms with van der Waals surface area (Å²) in [4.78, 5) is 3.53. The minimum atomic E-state index is -0.0216. The summed E-state index contributed by atoms with van der Waals surface area (Å²) in [6, 6.07) is 9.71. The van der Waals surface area contributed by atoms with Crippen LogP contribution >= 0.6 is 27.3 Å². The Balaban J connectivity index is 2.10. The van der Waals surface area contributed by atoms with Crippen molar-refractivity contribution in [2.45, 2.75) is 6.04 Å². The Morgan fingerprint density at radius 3 is 2.77 bits per heavy atom. The zero-order valence-corrected chi connectivity index (χ0v) is 14.3. The number of hydrogen-bond acceptors (Lipinski definition) is 5. The van der Waals surface area contributed by atoms with Crippen molar-refractivity contribution in [3.05, 3.63) is 50.1 Å². The van der Waals surface area contributed by atoms with Crippen LogP contribution in [0.5, 0.6) is 5.75 Å². The Labute approximate surface area is 142 Å². The summed E-state index contributed by atoms with van der Waals surface area (Å²) in [5, 5.41) is 25.1. The van der Waals surface area contributed by atoms with Crippen molar-refractivity contribution in [1.29, 1.82) is 5.26 Å². The Hall–Kier alpha value is -1.39. The van der Waals surface area contributed by atoms with Gasteiger partial charge in [-0.2, -0.15) is 5.26 Å². The average Bonchev–Trinajstić information content (AvgIpc) is 3.06. The number of benzene rings is 1. The number of rotatable bonds is 3. The van der Waals surface area contributed by atoms with Gasteiger partial charge in [0, 0.05) is 36.6 Å². The van der Waals surface area contributed by atoms with E-state index in [1.807, 2.05) is 11.4 Å². The molecular formula is C16H16BrN3OS. The summed E-state index contributed by atoms with van der Waals surface area (Å²) in [6.45, 7) is 3.69. The minimum absolute atomic E-state index is 0.0216. The molecule has 1 aromatic carbocycles. The third kappa shape index (κ3) is 3.03. The van der Waals surface area contributed by atoms with Gasteiger partial charge in [0.25, 0.3) is 0 Å².